The third kappa shape index (κ3) is 1.82. The summed E-state index contributed by atoms with van der Waals surface area (Å²) in [4.78, 5) is 15.4. The number of hydrogen-bond donors (Lipinski definition) is 1. The molecule has 15 heavy (non-hydrogen) atoms. The van der Waals surface area contributed by atoms with Crippen molar-refractivity contribution in [3.05, 3.63) is 11.5 Å². The Hall–Kier alpha value is -1.52. The fourth-order valence-electron chi connectivity index (χ4n) is 1.62. The third-order valence-corrected chi connectivity index (χ3v) is 2.71. The van der Waals surface area contributed by atoms with E-state index in [0.29, 0.717) is 11.7 Å². The first kappa shape index (κ1) is 10.0. The van der Waals surface area contributed by atoms with Crippen LogP contribution >= 0.6 is 0 Å². The summed E-state index contributed by atoms with van der Waals surface area (Å²) < 4.78 is 6.50. The van der Waals surface area contributed by atoms with Crippen LogP contribution in [-0.4, -0.2) is 22.6 Å². The molecule has 0 radical (unpaired) electrons. The van der Waals surface area contributed by atoms with E-state index in [2.05, 4.69) is 9.72 Å². The van der Waals surface area contributed by atoms with Crippen molar-refractivity contribution >= 4 is 11.8 Å². The minimum Gasteiger partial charge on any atom is -0.464 e. The number of hydrogen-bond acceptors (Lipinski definition) is 4. The van der Waals surface area contributed by atoms with Crippen molar-refractivity contribution in [1.29, 1.82) is 0 Å². The molecular formula is C10H15N3O2. The van der Waals surface area contributed by atoms with Crippen LogP contribution in [0.4, 0.5) is 5.82 Å². The highest BCUT2D eigenvalue weighted by molar-refractivity contribution is 5.92. The van der Waals surface area contributed by atoms with Crippen LogP contribution in [0.1, 0.15) is 29.2 Å². The van der Waals surface area contributed by atoms with Crippen molar-refractivity contribution in [1.82, 2.24) is 9.55 Å². The molecule has 2 N–H and O–H groups in total. The number of methoxy groups -OCH3 is 1. The summed E-state index contributed by atoms with van der Waals surface area (Å²) in [7, 11) is 1.33. The fraction of sp³-hybridized carbons (Fsp3) is 0.600. The van der Waals surface area contributed by atoms with Crippen molar-refractivity contribution in [3.8, 4) is 0 Å². The summed E-state index contributed by atoms with van der Waals surface area (Å²) in [5.41, 5.74) is 6.09. The largest absolute Gasteiger partial charge is 0.464 e. The number of esters is 1. The first-order valence-electron chi connectivity index (χ1n) is 5.04. The van der Waals surface area contributed by atoms with Crippen LogP contribution in [0.5, 0.6) is 0 Å². The molecule has 0 aliphatic heterocycles. The quantitative estimate of drug-likeness (QED) is 0.753. The predicted molar refractivity (Wildman–Crippen MR) is 55.4 cm³/mol. The summed E-state index contributed by atoms with van der Waals surface area (Å²) in [5.74, 6) is 1.43. The monoisotopic (exact) mass is 209 g/mol. The topological polar surface area (TPSA) is 70.1 Å². The highest BCUT2D eigenvalue weighted by atomic mass is 16.5. The van der Waals surface area contributed by atoms with Crippen LogP contribution in [0.25, 0.3) is 0 Å². The van der Waals surface area contributed by atoms with Gasteiger partial charge in [0.1, 0.15) is 11.6 Å². The van der Waals surface area contributed by atoms with Gasteiger partial charge in [0.2, 0.25) is 0 Å². The van der Waals surface area contributed by atoms with E-state index in [1.807, 2.05) is 11.5 Å². The Bertz CT molecular complexity index is 394. The second-order valence-corrected chi connectivity index (χ2v) is 3.94. The van der Waals surface area contributed by atoms with E-state index in [4.69, 9.17) is 5.73 Å². The molecule has 1 aromatic heterocycles. The van der Waals surface area contributed by atoms with Crippen LogP contribution in [0.2, 0.25) is 0 Å². The zero-order valence-electron chi connectivity index (χ0n) is 8.99. The lowest BCUT2D eigenvalue weighted by molar-refractivity contribution is 0.0595. The maximum atomic E-state index is 11.3. The van der Waals surface area contributed by atoms with Crippen LogP contribution in [0, 0.1) is 12.8 Å². The first-order valence-corrected chi connectivity index (χ1v) is 5.04. The molecule has 0 amide bonds. The number of carbonyl (C=O) groups is 1. The molecule has 1 heterocycles. The average molecular weight is 209 g/mol. The number of nitrogen functional groups attached to an aromatic ring is 1. The van der Waals surface area contributed by atoms with E-state index >= 15 is 0 Å². The molecule has 5 heteroatoms. The van der Waals surface area contributed by atoms with E-state index in [9.17, 15) is 4.79 Å². The average Bonchev–Trinajstić information content (AvgIpc) is 2.99. The van der Waals surface area contributed by atoms with Crippen LogP contribution < -0.4 is 5.73 Å². The standard InChI is InChI=1S/C10H15N3O2/c1-6-12-8(10(14)15-2)9(11)13(6)5-7-3-4-7/h7H,3-5,11H2,1-2H3. The minimum absolute atomic E-state index is 0.232. The Morgan fingerprint density at radius 3 is 2.87 bits per heavy atom. The molecule has 1 aliphatic rings. The summed E-state index contributed by atoms with van der Waals surface area (Å²) in [6.45, 7) is 2.72. The number of ether oxygens (including phenoxy) is 1. The maximum absolute atomic E-state index is 11.3. The van der Waals surface area contributed by atoms with E-state index < -0.39 is 5.97 Å². The summed E-state index contributed by atoms with van der Waals surface area (Å²) in [6.07, 6.45) is 2.48. The van der Waals surface area contributed by atoms with Gasteiger partial charge in [0.05, 0.1) is 7.11 Å². The van der Waals surface area contributed by atoms with Gasteiger partial charge < -0.3 is 15.0 Å². The highest BCUT2D eigenvalue weighted by Crippen LogP contribution is 2.32. The van der Waals surface area contributed by atoms with Gasteiger partial charge in [0.15, 0.2) is 5.69 Å². The number of aryl methyl sites for hydroxylation is 1. The highest BCUT2D eigenvalue weighted by Gasteiger charge is 2.26. The first-order chi connectivity index (χ1) is 7.13. The Labute approximate surface area is 88.2 Å². The number of nitrogens with two attached hydrogens (primary N) is 1. The molecule has 5 nitrogen and oxygen atoms in total. The van der Waals surface area contributed by atoms with Crippen LogP contribution in [0.3, 0.4) is 0 Å². The second-order valence-electron chi connectivity index (χ2n) is 3.94. The molecule has 0 bridgehead atoms. The maximum Gasteiger partial charge on any atom is 0.360 e. The zero-order valence-corrected chi connectivity index (χ0v) is 8.99. The number of carbonyl (C=O) groups excluding carboxylic acids is 1. The van der Waals surface area contributed by atoms with Crippen LogP contribution in [0.15, 0.2) is 0 Å². The number of anilines is 1. The fourth-order valence-corrected chi connectivity index (χ4v) is 1.62. The van der Waals surface area contributed by atoms with Gasteiger partial charge in [0.25, 0.3) is 0 Å². The zero-order chi connectivity index (χ0) is 11.0. The van der Waals surface area contributed by atoms with Crippen molar-refractivity contribution in [3.63, 3.8) is 0 Å². The molecule has 1 aromatic rings. The SMILES string of the molecule is COC(=O)c1nc(C)n(CC2CC2)c1N. The molecule has 0 unspecified atom stereocenters. The summed E-state index contributed by atoms with van der Waals surface area (Å²) in [6, 6.07) is 0. The smallest absolute Gasteiger partial charge is 0.360 e. The van der Waals surface area contributed by atoms with Gasteiger partial charge in [-0.1, -0.05) is 0 Å². The predicted octanol–water partition coefficient (Wildman–Crippen LogP) is 0.970. The van der Waals surface area contributed by atoms with E-state index in [1.54, 1.807) is 0 Å². The molecule has 0 saturated heterocycles. The molecule has 1 aliphatic carbocycles. The third-order valence-electron chi connectivity index (χ3n) is 2.71. The Balaban J connectivity index is 2.29. The molecule has 0 spiro atoms. The van der Waals surface area contributed by atoms with Gasteiger partial charge in [0, 0.05) is 6.54 Å². The molecule has 82 valence electrons. The van der Waals surface area contributed by atoms with Crippen molar-refractivity contribution in [2.45, 2.75) is 26.3 Å². The number of rotatable bonds is 3. The lowest BCUT2D eigenvalue weighted by Gasteiger charge is -2.05. The molecule has 1 saturated carbocycles. The van der Waals surface area contributed by atoms with E-state index in [0.717, 1.165) is 12.4 Å². The van der Waals surface area contributed by atoms with Crippen molar-refractivity contribution in [2.75, 3.05) is 12.8 Å². The Morgan fingerprint density at radius 1 is 1.67 bits per heavy atom. The number of nitrogens with zero attached hydrogens (tertiary/aromatic N) is 2. The molecule has 2 rings (SSSR count). The van der Waals surface area contributed by atoms with Crippen molar-refractivity contribution in [2.24, 2.45) is 5.92 Å². The van der Waals surface area contributed by atoms with Gasteiger partial charge in [-0.15, -0.1) is 0 Å². The van der Waals surface area contributed by atoms with E-state index in [1.165, 1.54) is 20.0 Å². The number of imidazole rings is 1. The lowest BCUT2D eigenvalue weighted by atomic mass is 10.4. The molecular weight excluding hydrogens is 194 g/mol. The van der Waals surface area contributed by atoms with Gasteiger partial charge in [-0.3, -0.25) is 0 Å². The number of aromatic nitrogens is 2. The minimum atomic E-state index is -0.467. The van der Waals surface area contributed by atoms with Gasteiger partial charge in [-0.25, -0.2) is 9.78 Å². The molecule has 0 aromatic carbocycles. The normalized spacial score (nSPS) is 15.3. The summed E-state index contributed by atoms with van der Waals surface area (Å²) >= 11 is 0. The molecule has 0 atom stereocenters. The Morgan fingerprint density at radius 2 is 2.33 bits per heavy atom. The molecule has 1 fully saturated rings. The van der Waals surface area contributed by atoms with Crippen LogP contribution in [-0.2, 0) is 11.3 Å². The second kappa shape index (κ2) is 3.56. The van der Waals surface area contributed by atoms with Crippen molar-refractivity contribution < 1.29 is 9.53 Å². The van der Waals surface area contributed by atoms with Gasteiger partial charge in [-0.05, 0) is 25.7 Å². The summed E-state index contributed by atoms with van der Waals surface area (Å²) in [5, 5.41) is 0. The van der Waals surface area contributed by atoms with E-state index in [-0.39, 0.29) is 5.69 Å². The Kier molecular flexibility index (Phi) is 2.38. The lowest BCUT2D eigenvalue weighted by Crippen LogP contribution is -2.09. The van der Waals surface area contributed by atoms with Gasteiger partial charge >= 0.3 is 5.97 Å². The van der Waals surface area contributed by atoms with Gasteiger partial charge in [-0.2, -0.15) is 0 Å².